The molecule has 0 spiro atoms. The summed E-state index contributed by atoms with van der Waals surface area (Å²) in [4.78, 5) is 10.8. The van der Waals surface area contributed by atoms with Crippen LogP contribution in [0.4, 0.5) is 10.6 Å². The van der Waals surface area contributed by atoms with Crippen molar-refractivity contribution in [1.29, 1.82) is 0 Å². The van der Waals surface area contributed by atoms with Crippen LogP contribution in [-0.4, -0.2) is 26.1 Å². The normalized spacial score (nSPS) is 21.2. The summed E-state index contributed by atoms with van der Waals surface area (Å²) in [7, 11) is 1.63. The van der Waals surface area contributed by atoms with Gasteiger partial charge in [-0.1, -0.05) is 5.21 Å². The molecule has 12 heavy (non-hydrogen) atoms. The van der Waals surface area contributed by atoms with E-state index in [0.29, 0.717) is 11.5 Å². The van der Waals surface area contributed by atoms with Crippen LogP contribution < -0.4 is 10.6 Å². The van der Waals surface area contributed by atoms with Crippen molar-refractivity contribution in [2.45, 2.75) is 6.23 Å². The van der Waals surface area contributed by atoms with Crippen molar-refractivity contribution in [3.05, 3.63) is 5.69 Å². The Morgan fingerprint density at radius 2 is 2.42 bits per heavy atom. The number of amides is 2. The molecule has 0 aliphatic carbocycles. The van der Waals surface area contributed by atoms with Crippen LogP contribution in [0.5, 0.6) is 0 Å². The summed E-state index contributed by atoms with van der Waals surface area (Å²) in [5.74, 6) is 0.300. The maximum atomic E-state index is 10.8. The monoisotopic (exact) mass is 169 g/mol. The van der Waals surface area contributed by atoms with Crippen LogP contribution in [0.15, 0.2) is 0 Å². The van der Waals surface area contributed by atoms with Gasteiger partial charge in [0, 0.05) is 7.05 Å². The number of aromatic nitrogens is 3. The van der Waals surface area contributed by atoms with Crippen molar-refractivity contribution < 1.29 is 9.90 Å². The van der Waals surface area contributed by atoms with Gasteiger partial charge in [0.05, 0.1) is 0 Å². The molecule has 2 amide bonds. The molecule has 3 N–H and O–H groups in total. The third-order valence-corrected chi connectivity index (χ3v) is 1.63. The quantitative estimate of drug-likeness (QED) is 0.461. The molecule has 2 rings (SSSR count). The first-order valence-corrected chi connectivity index (χ1v) is 3.33. The Morgan fingerprint density at radius 1 is 1.67 bits per heavy atom. The first-order chi connectivity index (χ1) is 5.68. The number of fused-ring (bicyclic) bond motifs is 1. The largest absolute Gasteiger partial charge is 0.368 e. The zero-order valence-electron chi connectivity index (χ0n) is 6.27. The zero-order valence-corrected chi connectivity index (χ0v) is 6.27. The van der Waals surface area contributed by atoms with Gasteiger partial charge in [-0.3, -0.25) is 5.32 Å². The number of hydrogen-bond donors (Lipinski definition) is 3. The molecule has 0 fully saturated rings. The Morgan fingerprint density at radius 3 is 3.17 bits per heavy atom. The number of nitrogens with zero attached hydrogens (tertiary/aromatic N) is 3. The molecule has 1 unspecified atom stereocenters. The Balaban J connectivity index is 2.49. The Bertz CT molecular complexity index is 333. The van der Waals surface area contributed by atoms with E-state index in [9.17, 15) is 9.90 Å². The molecule has 0 bridgehead atoms. The van der Waals surface area contributed by atoms with Crippen molar-refractivity contribution in [1.82, 2.24) is 20.3 Å². The van der Waals surface area contributed by atoms with E-state index in [2.05, 4.69) is 20.9 Å². The average molecular weight is 169 g/mol. The van der Waals surface area contributed by atoms with Gasteiger partial charge in [0.25, 0.3) is 0 Å². The topological polar surface area (TPSA) is 92.1 Å². The molecular formula is C5H7N5O2. The highest BCUT2D eigenvalue weighted by Crippen LogP contribution is 2.20. The number of hydrogen-bond acceptors (Lipinski definition) is 4. The van der Waals surface area contributed by atoms with E-state index in [1.54, 1.807) is 7.05 Å². The van der Waals surface area contributed by atoms with Gasteiger partial charge in [-0.25, -0.2) is 9.48 Å². The average Bonchev–Trinajstić information content (AvgIpc) is 2.31. The summed E-state index contributed by atoms with van der Waals surface area (Å²) < 4.78 is 1.40. The van der Waals surface area contributed by atoms with E-state index in [1.807, 2.05) is 0 Å². The third kappa shape index (κ3) is 0.832. The summed E-state index contributed by atoms with van der Waals surface area (Å²) in [6.45, 7) is 0. The fraction of sp³-hybridized carbons (Fsp3) is 0.400. The van der Waals surface area contributed by atoms with Crippen molar-refractivity contribution in [3.63, 3.8) is 0 Å². The van der Waals surface area contributed by atoms with Gasteiger partial charge in [0.1, 0.15) is 5.69 Å². The minimum absolute atomic E-state index is 0.300. The molecule has 1 aliphatic rings. The molecule has 64 valence electrons. The second kappa shape index (κ2) is 2.18. The molecule has 0 saturated heterocycles. The number of carbonyl (C=O) groups excluding carboxylic acids is 1. The number of rotatable bonds is 0. The Hall–Kier alpha value is -1.63. The van der Waals surface area contributed by atoms with Gasteiger partial charge in [-0.2, -0.15) is 0 Å². The van der Waals surface area contributed by atoms with E-state index in [1.165, 1.54) is 4.68 Å². The SMILES string of the molecule is Cn1nnc2c1C(O)NC(=O)N2. The van der Waals surface area contributed by atoms with E-state index in [0.717, 1.165) is 0 Å². The number of nitrogens with one attached hydrogen (secondary N) is 2. The fourth-order valence-corrected chi connectivity index (χ4v) is 1.10. The molecule has 7 heteroatoms. The number of carbonyl (C=O) groups is 1. The lowest BCUT2D eigenvalue weighted by Crippen LogP contribution is -2.38. The van der Waals surface area contributed by atoms with Crippen LogP contribution in [0.25, 0.3) is 0 Å². The van der Waals surface area contributed by atoms with Gasteiger partial charge in [0.15, 0.2) is 12.0 Å². The highest BCUT2D eigenvalue weighted by atomic mass is 16.3. The third-order valence-electron chi connectivity index (χ3n) is 1.63. The Kier molecular flexibility index (Phi) is 1.28. The molecule has 2 heterocycles. The van der Waals surface area contributed by atoms with Gasteiger partial charge in [0.2, 0.25) is 0 Å². The van der Waals surface area contributed by atoms with E-state index in [-0.39, 0.29) is 0 Å². The smallest absolute Gasteiger partial charge is 0.322 e. The van der Waals surface area contributed by atoms with Crippen molar-refractivity contribution in [3.8, 4) is 0 Å². The maximum Gasteiger partial charge on any atom is 0.322 e. The zero-order chi connectivity index (χ0) is 8.72. The first kappa shape index (κ1) is 7.04. The van der Waals surface area contributed by atoms with Crippen LogP contribution in [0, 0.1) is 0 Å². The van der Waals surface area contributed by atoms with E-state index >= 15 is 0 Å². The lowest BCUT2D eigenvalue weighted by Gasteiger charge is -2.18. The molecule has 1 aromatic rings. The first-order valence-electron chi connectivity index (χ1n) is 3.33. The van der Waals surface area contributed by atoms with E-state index in [4.69, 9.17) is 0 Å². The lowest BCUT2D eigenvalue weighted by atomic mass is 10.3. The summed E-state index contributed by atoms with van der Waals surface area (Å²) >= 11 is 0. The highest BCUT2D eigenvalue weighted by Gasteiger charge is 2.26. The molecule has 1 atom stereocenters. The standard InChI is InChI=1S/C5H7N5O2/c1-10-2-3(8-9-10)6-5(12)7-4(2)11/h4,11H,1H3,(H2,6,7,12). The van der Waals surface area contributed by atoms with Gasteiger partial charge in [-0.05, 0) is 0 Å². The molecule has 1 aliphatic heterocycles. The van der Waals surface area contributed by atoms with Crippen LogP contribution in [0.1, 0.15) is 11.9 Å². The minimum atomic E-state index is -1.03. The van der Waals surface area contributed by atoms with E-state index < -0.39 is 12.3 Å². The second-order valence-electron chi connectivity index (χ2n) is 2.45. The summed E-state index contributed by atoms with van der Waals surface area (Å²) in [5.41, 5.74) is 0.453. The lowest BCUT2D eigenvalue weighted by molar-refractivity contribution is 0.136. The summed E-state index contributed by atoms with van der Waals surface area (Å²) in [5, 5.41) is 21.3. The molecule has 0 radical (unpaired) electrons. The molecule has 7 nitrogen and oxygen atoms in total. The van der Waals surface area contributed by atoms with Crippen LogP contribution in [0.2, 0.25) is 0 Å². The molecule has 0 aromatic carbocycles. The number of urea groups is 1. The van der Waals surface area contributed by atoms with Crippen molar-refractivity contribution in [2.24, 2.45) is 7.05 Å². The second-order valence-corrected chi connectivity index (χ2v) is 2.45. The van der Waals surface area contributed by atoms with Crippen LogP contribution in [-0.2, 0) is 7.05 Å². The van der Waals surface area contributed by atoms with Crippen molar-refractivity contribution >= 4 is 11.8 Å². The number of anilines is 1. The van der Waals surface area contributed by atoms with Crippen molar-refractivity contribution in [2.75, 3.05) is 5.32 Å². The minimum Gasteiger partial charge on any atom is -0.368 e. The van der Waals surface area contributed by atoms with Gasteiger partial charge >= 0.3 is 6.03 Å². The molecule has 0 saturated carbocycles. The highest BCUT2D eigenvalue weighted by molar-refractivity contribution is 5.90. The maximum absolute atomic E-state index is 10.8. The Labute approximate surface area is 67.4 Å². The van der Waals surface area contributed by atoms with Crippen LogP contribution in [0.3, 0.4) is 0 Å². The number of aryl methyl sites for hydroxylation is 1. The van der Waals surface area contributed by atoms with Crippen LogP contribution >= 0.6 is 0 Å². The predicted octanol–water partition coefficient (Wildman–Crippen LogP) is -1.06. The molecule has 1 aromatic heterocycles. The van der Waals surface area contributed by atoms with Gasteiger partial charge < -0.3 is 10.4 Å². The molecular weight excluding hydrogens is 162 g/mol. The predicted molar refractivity (Wildman–Crippen MR) is 38.1 cm³/mol. The fourth-order valence-electron chi connectivity index (χ4n) is 1.10. The number of aliphatic hydroxyl groups is 1. The summed E-state index contributed by atoms with van der Waals surface area (Å²) in [6.07, 6.45) is -1.03. The summed E-state index contributed by atoms with van der Waals surface area (Å²) in [6, 6.07) is -0.476. The van der Waals surface area contributed by atoms with Gasteiger partial charge in [-0.15, -0.1) is 5.10 Å². The number of aliphatic hydroxyl groups excluding tert-OH is 1.